The molecular formula is C25H28ClN3O4. The Morgan fingerprint density at radius 3 is 2.48 bits per heavy atom. The summed E-state index contributed by atoms with van der Waals surface area (Å²) in [5.74, 6) is -1.59. The van der Waals surface area contributed by atoms with Crippen molar-refractivity contribution in [3.8, 4) is 0 Å². The Bertz CT molecular complexity index is 979. The number of ether oxygens (including phenoxy) is 1. The van der Waals surface area contributed by atoms with Gasteiger partial charge in [-0.15, -0.1) is 0 Å². The van der Waals surface area contributed by atoms with Crippen LogP contribution in [0.3, 0.4) is 0 Å². The Kier molecular flexibility index (Phi) is 9.04. The number of halogens is 1. The summed E-state index contributed by atoms with van der Waals surface area (Å²) >= 11 is 5.89. The van der Waals surface area contributed by atoms with Gasteiger partial charge in [0.25, 0.3) is 0 Å². The largest absolute Gasteiger partial charge is 0.454 e. The minimum Gasteiger partial charge on any atom is -0.454 e. The number of nitrogens with one attached hydrogen (secondary N) is 2. The lowest BCUT2D eigenvalue weighted by Gasteiger charge is -2.23. The third-order valence-corrected chi connectivity index (χ3v) is 5.63. The van der Waals surface area contributed by atoms with E-state index in [9.17, 15) is 14.4 Å². The number of nitrogens with two attached hydrogens (primary N) is 1. The van der Waals surface area contributed by atoms with E-state index in [2.05, 4.69) is 10.6 Å². The zero-order chi connectivity index (χ0) is 23.6. The zero-order valence-corrected chi connectivity index (χ0v) is 19.0. The molecule has 7 nitrogen and oxygen atoms in total. The first-order chi connectivity index (χ1) is 15.9. The maximum atomic E-state index is 12.9. The molecule has 2 amide bonds. The van der Waals surface area contributed by atoms with Crippen molar-refractivity contribution < 1.29 is 19.1 Å². The fourth-order valence-corrected chi connectivity index (χ4v) is 3.57. The van der Waals surface area contributed by atoms with Gasteiger partial charge in [0.15, 0.2) is 0 Å². The molecule has 174 valence electrons. The molecule has 0 aliphatic carbocycles. The molecule has 1 heterocycles. The van der Waals surface area contributed by atoms with Gasteiger partial charge >= 0.3 is 5.97 Å². The highest BCUT2D eigenvalue weighted by Gasteiger charge is 2.26. The summed E-state index contributed by atoms with van der Waals surface area (Å²) < 4.78 is 5.58. The number of hydrogen-bond acceptors (Lipinski definition) is 5. The lowest BCUT2D eigenvalue weighted by molar-refractivity contribution is -0.151. The fourth-order valence-electron chi connectivity index (χ4n) is 3.44. The molecular weight excluding hydrogens is 442 g/mol. The number of amides is 2. The minimum atomic E-state index is -0.802. The summed E-state index contributed by atoms with van der Waals surface area (Å²) in [5.41, 5.74) is 7.63. The zero-order valence-electron chi connectivity index (χ0n) is 18.2. The second kappa shape index (κ2) is 12.2. The Hall–Kier alpha value is -3.16. The van der Waals surface area contributed by atoms with Crippen LogP contribution < -0.4 is 16.4 Å². The van der Waals surface area contributed by atoms with Crippen molar-refractivity contribution in [1.82, 2.24) is 10.6 Å². The molecule has 0 aromatic heterocycles. The van der Waals surface area contributed by atoms with Gasteiger partial charge in [0.2, 0.25) is 11.8 Å². The summed E-state index contributed by atoms with van der Waals surface area (Å²) in [7, 11) is 0. The summed E-state index contributed by atoms with van der Waals surface area (Å²) in [6, 6.07) is 15.5. The van der Waals surface area contributed by atoms with Gasteiger partial charge in [0, 0.05) is 18.0 Å². The van der Waals surface area contributed by atoms with E-state index in [0.29, 0.717) is 18.0 Å². The van der Waals surface area contributed by atoms with E-state index in [0.717, 1.165) is 11.1 Å². The Morgan fingerprint density at radius 2 is 1.76 bits per heavy atom. The van der Waals surface area contributed by atoms with Crippen LogP contribution in [0, 0.1) is 5.92 Å². The maximum absolute atomic E-state index is 12.9. The van der Waals surface area contributed by atoms with Gasteiger partial charge in [-0.1, -0.05) is 66.2 Å². The molecule has 0 radical (unpaired) electrons. The normalized spacial score (nSPS) is 22.8. The number of benzene rings is 2. The average molecular weight is 470 g/mol. The molecule has 8 heteroatoms. The van der Waals surface area contributed by atoms with Gasteiger partial charge in [-0.25, -0.2) is 0 Å². The highest BCUT2D eigenvalue weighted by molar-refractivity contribution is 6.30. The first kappa shape index (κ1) is 24.5. The number of rotatable bonds is 5. The van der Waals surface area contributed by atoms with Crippen LogP contribution in [0.2, 0.25) is 5.02 Å². The molecule has 33 heavy (non-hydrogen) atoms. The van der Waals surface area contributed by atoms with E-state index in [1.807, 2.05) is 42.5 Å². The summed E-state index contributed by atoms with van der Waals surface area (Å²) in [6.45, 7) is 0.439. The van der Waals surface area contributed by atoms with E-state index in [4.69, 9.17) is 22.1 Å². The molecule has 2 aromatic rings. The molecule has 2 aromatic carbocycles. The van der Waals surface area contributed by atoms with Gasteiger partial charge < -0.3 is 21.1 Å². The number of carbonyl (C=O) groups excluding carboxylic acids is 3. The van der Waals surface area contributed by atoms with Crippen molar-refractivity contribution >= 4 is 29.4 Å². The van der Waals surface area contributed by atoms with E-state index in [1.165, 1.54) is 0 Å². The van der Waals surface area contributed by atoms with E-state index in [1.54, 1.807) is 24.3 Å². The molecule has 0 unspecified atom stereocenters. The van der Waals surface area contributed by atoms with Crippen LogP contribution in [-0.4, -0.2) is 30.4 Å². The summed E-state index contributed by atoms with van der Waals surface area (Å²) in [4.78, 5) is 37.8. The Balaban J connectivity index is 1.66. The molecule has 1 aliphatic rings. The van der Waals surface area contributed by atoms with Gasteiger partial charge in [-0.3, -0.25) is 14.4 Å². The van der Waals surface area contributed by atoms with Crippen LogP contribution in [-0.2, 0) is 25.7 Å². The molecule has 3 atom stereocenters. The quantitative estimate of drug-likeness (QED) is 0.460. The van der Waals surface area contributed by atoms with Gasteiger partial charge in [0.05, 0.1) is 12.5 Å². The third-order valence-electron chi connectivity index (χ3n) is 5.38. The molecule has 3 rings (SSSR count). The highest BCUT2D eigenvalue weighted by Crippen LogP contribution is 2.19. The van der Waals surface area contributed by atoms with E-state index < -0.39 is 24.0 Å². The van der Waals surface area contributed by atoms with Crippen molar-refractivity contribution in [2.45, 2.75) is 38.0 Å². The first-order valence-electron chi connectivity index (χ1n) is 10.9. The number of carbonyl (C=O) groups is 3. The highest BCUT2D eigenvalue weighted by atomic mass is 35.5. The van der Waals surface area contributed by atoms with Gasteiger partial charge in [-0.2, -0.15) is 0 Å². The van der Waals surface area contributed by atoms with Crippen molar-refractivity contribution in [2.24, 2.45) is 11.7 Å². The summed E-state index contributed by atoms with van der Waals surface area (Å²) in [5, 5.41) is 6.30. The lowest BCUT2D eigenvalue weighted by Crippen LogP contribution is -2.39. The average Bonchev–Trinajstić information content (AvgIpc) is 2.82. The molecule has 1 aliphatic heterocycles. The predicted octanol–water partition coefficient (Wildman–Crippen LogP) is 3.04. The topological polar surface area (TPSA) is 111 Å². The van der Waals surface area contributed by atoms with Gasteiger partial charge in [0.1, 0.15) is 12.1 Å². The van der Waals surface area contributed by atoms with Crippen molar-refractivity contribution in [3.05, 3.63) is 82.9 Å². The molecule has 0 bridgehead atoms. The van der Waals surface area contributed by atoms with E-state index in [-0.39, 0.29) is 31.2 Å². The second-order valence-electron chi connectivity index (χ2n) is 7.93. The molecule has 0 fully saturated rings. The monoisotopic (exact) mass is 469 g/mol. The van der Waals surface area contributed by atoms with Crippen molar-refractivity contribution in [2.75, 3.05) is 6.54 Å². The van der Waals surface area contributed by atoms with Crippen LogP contribution in [0.5, 0.6) is 0 Å². The van der Waals surface area contributed by atoms with Crippen LogP contribution in [0.25, 0.3) is 0 Å². The molecule has 4 N–H and O–H groups in total. The van der Waals surface area contributed by atoms with Crippen LogP contribution in [0.4, 0.5) is 0 Å². The van der Waals surface area contributed by atoms with E-state index >= 15 is 0 Å². The number of allylic oxidation sites excluding steroid dienone is 1. The number of hydrogen-bond donors (Lipinski definition) is 3. The predicted molar refractivity (Wildman–Crippen MR) is 126 cm³/mol. The van der Waals surface area contributed by atoms with Crippen molar-refractivity contribution in [3.63, 3.8) is 0 Å². The summed E-state index contributed by atoms with van der Waals surface area (Å²) in [6.07, 6.45) is 3.54. The lowest BCUT2D eigenvalue weighted by atomic mass is 9.98. The number of esters is 1. The van der Waals surface area contributed by atoms with Crippen LogP contribution >= 0.6 is 11.6 Å². The Morgan fingerprint density at radius 1 is 1.06 bits per heavy atom. The van der Waals surface area contributed by atoms with Crippen LogP contribution in [0.1, 0.15) is 36.5 Å². The number of cyclic esters (lactones) is 1. The second-order valence-corrected chi connectivity index (χ2v) is 8.37. The van der Waals surface area contributed by atoms with Crippen molar-refractivity contribution in [1.29, 1.82) is 0 Å². The van der Waals surface area contributed by atoms with Gasteiger partial charge in [-0.05, 0) is 36.1 Å². The maximum Gasteiger partial charge on any atom is 0.323 e. The molecule has 0 saturated carbocycles. The van der Waals surface area contributed by atoms with Crippen LogP contribution in [0.15, 0.2) is 66.7 Å². The molecule has 0 saturated heterocycles. The Labute approximate surface area is 198 Å². The molecule has 0 spiro atoms. The minimum absolute atomic E-state index is 0.0333. The first-order valence-corrected chi connectivity index (χ1v) is 11.2. The standard InChI is InChI=1S/C25H28ClN3O4/c26-20-12-10-17(11-13-20)15-28-23(30)14-19-8-4-5-9-21(27)25(32)33-22(16-29-24(19)31)18-6-2-1-3-7-18/h1-7,10-13,19,21-22H,8-9,14-16,27H2,(H,28,30)(H,29,31)/b5-4-/t19-,21+,22-/m0/s1. The third kappa shape index (κ3) is 7.73. The fraction of sp³-hybridized carbons (Fsp3) is 0.320. The smallest absolute Gasteiger partial charge is 0.323 e. The SMILES string of the molecule is N[C@@H]1C/C=C\C[C@@H](CC(=O)NCc2ccc(Cl)cc2)C(=O)NC[C@@H](c2ccccc2)OC1=O.